The number of carbonyl (C=O) groups is 2. The van der Waals surface area contributed by atoms with Crippen LogP contribution in [0.4, 0.5) is 18.0 Å². The highest BCUT2D eigenvalue weighted by molar-refractivity contribution is 5.94. The van der Waals surface area contributed by atoms with Crippen molar-refractivity contribution in [3.63, 3.8) is 0 Å². The summed E-state index contributed by atoms with van der Waals surface area (Å²) >= 11 is 0. The van der Waals surface area contributed by atoms with Gasteiger partial charge in [0.05, 0.1) is 5.56 Å². The van der Waals surface area contributed by atoms with E-state index in [1.165, 1.54) is 5.56 Å². The van der Waals surface area contributed by atoms with Gasteiger partial charge in [0.2, 0.25) is 0 Å². The molecule has 0 bridgehead atoms. The number of alkyl halides is 3. The molecule has 9 heteroatoms. The first kappa shape index (κ1) is 21.1. The summed E-state index contributed by atoms with van der Waals surface area (Å²) in [7, 11) is 0. The van der Waals surface area contributed by atoms with Crippen molar-refractivity contribution in [2.75, 3.05) is 19.6 Å². The first-order valence-electron chi connectivity index (χ1n) is 10.3. The number of fused-ring (bicyclic) bond motifs is 1. The first-order chi connectivity index (χ1) is 14.8. The number of likely N-dealkylation sites (tertiary alicyclic amines) is 1. The molecule has 3 heterocycles. The Bertz CT molecular complexity index is 954. The number of hydrogen-bond donors (Lipinski definition) is 1. The highest BCUT2D eigenvalue weighted by Crippen LogP contribution is 2.27. The minimum absolute atomic E-state index is 0.0422. The molecule has 6 nitrogen and oxygen atoms in total. The summed E-state index contributed by atoms with van der Waals surface area (Å²) in [5.74, 6) is -0.348. The molecule has 1 aromatic heterocycles. The maximum Gasteiger partial charge on any atom is 0.433 e. The number of rotatable bonds is 2. The molecule has 0 spiro atoms. The van der Waals surface area contributed by atoms with Gasteiger partial charge in [-0.2, -0.15) is 13.2 Å². The number of carbonyl (C=O) groups excluding carboxylic acids is 2. The summed E-state index contributed by atoms with van der Waals surface area (Å²) in [6, 6.07) is 9.92. The first-order valence-corrected chi connectivity index (χ1v) is 10.3. The van der Waals surface area contributed by atoms with Gasteiger partial charge in [-0.3, -0.25) is 9.78 Å². The lowest BCUT2D eigenvalue weighted by molar-refractivity contribution is -0.141. The van der Waals surface area contributed by atoms with Crippen LogP contribution in [0, 0.1) is 0 Å². The molecule has 2 aliphatic rings. The topological polar surface area (TPSA) is 65.5 Å². The van der Waals surface area contributed by atoms with Crippen molar-refractivity contribution >= 4 is 11.9 Å². The lowest BCUT2D eigenvalue weighted by Gasteiger charge is -2.35. The van der Waals surface area contributed by atoms with Crippen molar-refractivity contribution in [2.45, 2.75) is 38.0 Å². The fraction of sp³-hybridized carbons (Fsp3) is 0.409. The number of piperidine rings is 1. The molecule has 0 aliphatic carbocycles. The van der Waals surface area contributed by atoms with E-state index in [9.17, 15) is 22.8 Å². The van der Waals surface area contributed by atoms with E-state index in [1.807, 2.05) is 18.2 Å². The number of aromatic nitrogens is 1. The number of nitrogens with one attached hydrogen (secondary N) is 1. The van der Waals surface area contributed by atoms with E-state index < -0.39 is 11.9 Å². The SMILES string of the molecule is O=C(NC1CCN(C(=O)c2ccc(C(F)(F)F)nc2)CC1)N1CCc2ccccc2C1. The summed E-state index contributed by atoms with van der Waals surface area (Å²) < 4.78 is 37.9. The minimum Gasteiger partial charge on any atom is -0.338 e. The highest BCUT2D eigenvalue weighted by Gasteiger charge is 2.33. The lowest BCUT2D eigenvalue weighted by Crippen LogP contribution is -2.51. The molecule has 31 heavy (non-hydrogen) atoms. The summed E-state index contributed by atoms with van der Waals surface area (Å²) in [5, 5.41) is 3.05. The molecule has 164 valence electrons. The minimum atomic E-state index is -4.53. The number of benzene rings is 1. The van der Waals surface area contributed by atoms with Crippen LogP contribution in [-0.2, 0) is 19.1 Å². The maximum absolute atomic E-state index is 12.7. The van der Waals surface area contributed by atoms with E-state index in [0.717, 1.165) is 30.3 Å². The van der Waals surface area contributed by atoms with Crippen molar-refractivity contribution < 1.29 is 22.8 Å². The summed E-state index contributed by atoms with van der Waals surface area (Å²) in [6.07, 6.45) is -1.55. The summed E-state index contributed by atoms with van der Waals surface area (Å²) in [5.41, 5.74) is 1.54. The van der Waals surface area contributed by atoms with Crippen molar-refractivity contribution in [3.05, 3.63) is 65.0 Å². The number of urea groups is 1. The molecule has 1 N–H and O–H groups in total. The van der Waals surface area contributed by atoms with E-state index in [2.05, 4.69) is 16.4 Å². The van der Waals surface area contributed by atoms with Gasteiger partial charge in [0, 0.05) is 38.4 Å². The summed E-state index contributed by atoms with van der Waals surface area (Å²) in [6.45, 7) is 2.10. The number of amides is 3. The van der Waals surface area contributed by atoms with Gasteiger partial charge in [-0.1, -0.05) is 24.3 Å². The Balaban J connectivity index is 1.28. The second-order valence-electron chi connectivity index (χ2n) is 7.89. The van der Waals surface area contributed by atoms with Crippen LogP contribution in [0.25, 0.3) is 0 Å². The molecule has 0 unspecified atom stereocenters. The van der Waals surface area contributed by atoms with Crippen molar-refractivity contribution in [3.8, 4) is 0 Å². The number of halogens is 3. The average molecular weight is 432 g/mol. The number of pyridine rings is 1. The average Bonchev–Trinajstić information content (AvgIpc) is 2.78. The predicted molar refractivity (Wildman–Crippen MR) is 107 cm³/mol. The Morgan fingerprint density at radius 2 is 1.68 bits per heavy atom. The van der Waals surface area contributed by atoms with Crippen LogP contribution in [0.1, 0.15) is 40.0 Å². The lowest BCUT2D eigenvalue weighted by atomic mass is 10.00. The van der Waals surface area contributed by atoms with Gasteiger partial charge < -0.3 is 15.1 Å². The van der Waals surface area contributed by atoms with Crippen LogP contribution in [-0.4, -0.2) is 52.4 Å². The fourth-order valence-electron chi connectivity index (χ4n) is 4.03. The largest absolute Gasteiger partial charge is 0.433 e. The van der Waals surface area contributed by atoms with Crippen molar-refractivity contribution in [1.82, 2.24) is 20.1 Å². The van der Waals surface area contributed by atoms with Crippen LogP contribution in [0.5, 0.6) is 0 Å². The van der Waals surface area contributed by atoms with E-state index in [0.29, 0.717) is 39.0 Å². The fourth-order valence-corrected chi connectivity index (χ4v) is 4.03. The number of hydrogen-bond acceptors (Lipinski definition) is 3. The van der Waals surface area contributed by atoms with Crippen LogP contribution in [0.2, 0.25) is 0 Å². The van der Waals surface area contributed by atoms with Gasteiger partial charge in [-0.25, -0.2) is 4.79 Å². The highest BCUT2D eigenvalue weighted by atomic mass is 19.4. The molecule has 1 saturated heterocycles. The molecule has 0 saturated carbocycles. The molecule has 3 amide bonds. The van der Waals surface area contributed by atoms with E-state index in [4.69, 9.17) is 0 Å². The maximum atomic E-state index is 12.7. The smallest absolute Gasteiger partial charge is 0.338 e. The van der Waals surface area contributed by atoms with Crippen molar-refractivity contribution in [2.24, 2.45) is 0 Å². The molecule has 2 aliphatic heterocycles. The molecular weight excluding hydrogens is 409 g/mol. The van der Waals surface area contributed by atoms with Crippen LogP contribution in [0.15, 0.2) is 42.6 Å². The Hall–Kier alpha value is -3.10. The normalized spacial score (nSPS) is 17.3. The Kier molecular flexibility index (Phi) is 5.84. The molecule has 4 rings (SSSR count). The van der Waals surface area contributed by atoms with Gasteiger partial charge in [-0.15, -0.1) is 0 Å². The zero-order valence-electron chi connectivity index (χ0n) is 16.9. The zero-order valence-corrected chi connectivity index (χ0v) is 16.9. The van der Waals surface area contributed by atoms with Gasteiger partial charge in [-0.05, 0) is 42.5 Å². The molecule has 1 fully saturated rings. The van der Waals surface area contributed by atoms with Crippen molar-refractivity contribution in [1.29, 1.82) is 0 Å². The second-order valence-corrected chi connectivity index (χ2v) is 7.89. The Morgan fingerprint density at radius 1 is 0.968 bits per heavy atom. The van der Waals surface area contributed by atoms with Gasteiger partial charge >= 0.3 is 12.2 Å². The predicted octanol–water partition coefficient (Wildman–Crippen LogP) is 3.47. The van der Waals surface area contributed by atoms with Gasteiger partial charge in [0.25, 0.3) is 5.91 Å². The standard InChI is InChI=1S/C22H23F3N4O2/c23-22(24,25)19-6-5-16(13-26-19)20(30)28-11-8-18(9-12-28)27-21(31)29-10-7-15-3-1-2-4-17(15)14-29/h1-6,13,18H,7-12,14H2,(H,27,31). The van der Waals surface area contributed by atoms with E-state index in [1.54, 1.807) is 9.80 Å². The summed E-state index contributed by atoms with van der Waals surface area (Å²) in [4.78, 5) is 32.0. The third-order valence-electron chi connectivity index (χ3n) is 5.83. The Labute approximate surface area is 178 Å². The van der Waals surface area contributed by atoms with Crippen LogP contribution < -0.4 is 5.32 Å². The monoisotopic (exact) mass is 432 g/mol. The quantitative estimate of drug-likeness (QED) is 0.790. The molecule has 0 radical (unpaired) electrons. The molecular formula is C22H23F3N4O2. The number of nitrogens with zero attached hydrogens (tertiary/aromatic N) is 3. The zero-order chi connectivity index (χ0) is 22.0. The molecule has 0 atom stereocenters. The van der Waals surface area contributed by atoms with Crippen LogP contribution >= 0.6 is 0 Å². The second kappa shape index (κ2) is 8.56. The third-order valence-corrected chi connectivity index (χ3v) is 5.83. The van der Waals surface area contributed by atoms with Gasteiger partial charge in [0.1, 0.15) is 5.69 Å². The molecule has 1 aromatic carbocycles. The van der Waals surface area contributed by atoms with E-state index >= 15 is 0 Å². The third kappa shape index (κ3) is 4.81. The van der Waals surface area contributed by atoms with Gasteiger partial charge in [0.15, 0.2) is 0 Å². The molecule has 2 aromatic rings. The Morgan fingerprint density at radius 3 is 2.32 bits per heavy atom. The van der Waals surface area contributed by atoms with E-state index in [-0.39, 0.29) is 23.5 Å². The van der Waals surface area contributed by atoms with Crippen LogP contribution in [0.3, 0.4) is 0 Å².